The summed E-state index contributed by atoms with van der Waals surface area (Å²) in [5.41, 5.74) is 2.52. The number of aliphatic imine (C=N–C) groups is 1. The van der Waals surface area contributed by atoms with E-state index in [-0.39, 0.29) is 35.8 Å². The van der Waals surface area contributed by atoms with Crippen LogP contribution in [0.25, 0.3) is 0 Å². The third kappa shape index (κ3) is 7.64. The van der Waals surface area contributed by atoms with Crippen LogP contribution in [0, 0.1) is 0 Å². The van der Waals surface area contributed by atoms with Gasteiger partial charge in [-0.1, -0.05) is 24.3 Å². The van der Waals surface area contributed by atoms with Gasteiger partial charge in [-0.3, -0.25) is 19.5 Å². The number of carbonyl (C=O) groups is 2. The van der Waals surface area contributed by atoms with Crippen molar-refractivity contribution < 1.29 is 9.59 Å². The molecule has 1 aromatic carbocycles. The second kappa shape index (κ2) is 12.8. The summed E-state index contributed by atoms with van der Waals surface area (Å²) in [5.74, 6) is 1.05. The van der Waals surface area contributed by atoms with E-state index in [2.05, 4.69) is 38.0 Å². The average molecular weight is 542 g/mol. The molecule has 0 bridgehead atoms. The summed E-state index contributed by atoms with van der Waals surface area (Å²) >= 11 is 0. The van der Waals surface area contributed by atoms with Crippen molar-refractivity contribution in [2.75, 3.05) is 40.3 Å². The highest BCUT2D eigenvalue weighted by atomic mass is 127. The van der Waals surface area contributed by atoms with Gasteiger partial charge in [0.2, 0.25) is 11.8 Å². The van der Waals surface area contributed by atoms with Gasteiger partial charge in [-0.05, 0) is 30.4 Å². The van der Waals surface area contributed by atoms with E-state index < -0.39 is 0 Å². The molecule has 172 valence electrons. The lowest BCUT2D eigenvalue weighted by Gasteiger charge is -2.32. The molecule has 1 fully saturated rings. The van der Waals surface area contributed by atoms with Crippen LogP contribution in [0.3, 0.4) is 0 Å². The lowest BCUT2D eigenvalue weighted by molar-refractivity contribution is -0.131. The Kier molecular flexibility index (Phi) is 10.5. The normalized spacial score (nSPS) is 17.0. The number of carbonyl (C=O) groups excluding carboxylic acids is 2. The first-order valence-corrected chi connectivity index (χ1v) is 10.8. The number of halogens is 1. The molecule has 0 aliphatic carbocycles. The molecule has 2 amide bonds. The minimum absolute atomic E-state index is 0. The van der Waals surface area contributed by atoms with Gasteiger partial charge in [0.05, 0.1) is 6.54 Å². The zero-order valence-corrected chi connectivity index (χ0v) is 20.9. The smallest absolute Gasteiger partial charge is 0.233 e. The predicted octanol–water partition coefficient (Wildman–Crippen LogP) is 1.30. The molecule has 2 aliphatic rings. The second-order valence-electron chi connectivity index (χ2n) is 7.99. The molecule has 9 heteroatoms. The van der Waals surface area contributed by atoms with Gasteiger partial charge in [0.15, 0.2) is 5.96 Å². The number of benzene rings is 1. The van der Waals surface area contributed by atoms with E-state index in [4.69, 9.17) is 0 Å². The van der Waals surface area contributed by atoms with Crippen LogP contribution in [0.5, 0.6) is 0 Å². The maximum Gasteiger partial charge on any atom is 0.233 e. The van der Waals surface area contributed by atoms with Gasteiger partial charge in [0.1, 0.15) is 0 Å². The molecular weight excluding hydrogens is 507 g/mol. The van der Waals surface area contributed by atoms with Gasteiger partial charge in [0.25, 0.3) is 0 Å². The first-order valence-electron chi connectivity index (χ1n) is 10.8. The highest BCUT2D eigenvalue weighted by Crippen LogP contribution is 2.22. The molecule has 0 unspecified atom stereocenters. The fraction of sp³-hybridized carbons (Fsp3) is 0.591. The van der Waals surface area contributed by atoms with Crippen molar-refractivity contribution in [2.24, 2.45) is 4.99 Å². The number of nitrogens with zero attached hydrogens (tertiary/aromatic N) is 3. The summed E-state index contributed by atoms with van der Waals surface area (Å²) in [5, 5.41) is 9.46. The lowest BCUT2D eigenvalue weighted by atomic mass is 10.1. The summed E-state index contributed by atoms with van der Waals surface area (Å²) in [4.78, 5) is 32.4. The van der Waals surface area contributed by atoms with Gasteiger partial charge < -0.3 is 20.9 Å². The Labute approximate surface area is 202 Å². The number of guanidine groups is 1. The van der Waals surface area contributed by atoms with Crippen LogP contribution in [0.4, 0.5) is 0 Å². The summed E-state index contributed by atoms with van der Waals surface area (Å²) in [6.07, 6.45) is 3.27. The van der Waals surface area contributed by atoms with Crippen molar-refractivity contribution in [3.8, 4) is 0 Å². The Morgan fingerprint density at radius 1 is 1.13 bits per heavy atom. The number of likely N-dealkylation sites (N-methyl/N-ethyl adjacent to an activating group) is 1. The van der Waals surface area contributed by atoms with E-state index >= 15 is 0 Å². The van der Waals surface area contributed by atoms with E-state index in [1.807, 2.05) is 17.0 Å². The number of hydrogen-bond acceptors (Lipinski definition) is 4. The Bertz CT molecular complexity index is 739. The number of amides is 2. The highest BCUT2D eigenvalue weighted by Gasteiger charge is 2.23. The van der Waals surface area contributed by atoms with Crippen LogP contribution < -0.4 is 16.0 Å². The number of fused-ring (bicyclic) bond motifs is 1. The second-order valence-corrected chi connectivity index (χ2v) is 7.99. The summed E-state index contributed by atoms with van der Waals surface area (Å²) in [6.45, 7) is 4.42. The van der Waals surface area contributed by atoms with Crippen molar-refractivity contribution >= 4 is 41.8 Å². The molecule has 0 atom stereocenters. The number of likely N-dealkylation sites (tertiary alicyclic amines) is 1. The number of nitrogens with one attached hydrogen (secondary N) is 3. The predicted molar refractivity (Wildman–Crippen MR) is 133 cm³/mol. The summed E-state index contributed by atoms with van der Waals surface area (Å²) in [6, 6.07) is 8.61. The average Bonchev–Trinajstić information content (AvgIpc) is 3.21. The third-order valence-electron chi connectivity index (χ3n) is 5.85. The SMILES string of the molecule is CN=C(NCCCC(=O)N1Cc2ccccc2C1)NC1CCN(CC(=O)NC)CC1.I. The first-order chi connectivity index (χ1) is 14.6. The van der Waals surface area contributed by atoms with Gasteiger partial charge in [-0.25, -0.2) is 0 Å². The molecule has 2 aliphatic heterocycles. The third-order valence-corrected chi connectivity index (χ3v) is 5.85. The molecule has 0 saturated carbocycles. The van der Waals surface area contributed by atoms with Crippen LogP contribution in [-0.4, -0.2) is 73.9 Å². The van der Waals surface area contributed by atoms with Crippen molar-refractivity contribution in [2.45, 2.75) is 44.8 Å². The minimum atomic E-state index is 0. The maximum atomic E-state index is 12.5. The molecule has 0 spiro atoms. The van der Waals surface area contributed by atoms with Crippen molar-refractivity contribution in [3.63, 3.8) is 0 Å². The highest BCUT2D eigenvalue weighted by molar-refractivity contribution is 14.0. The lowest BCUT2D eigenvalue weighted by Crippen LogP contribution is -2.50. The zero-order valence-electron chi connectivity index (χ0n) is 18.5. The zero-order chi connectivity index (χ0) is 21.3. The standard InChI is InChI=1S/C22H34N6O2.HI/c1-23-20(29)16-27-12-9-19(10-13-27)26-22(24-2)25-11-5-8-21(30)28-14-17-6-3-4-7-18(17)15-28;/h3-4,6-7,19H,5,8-16H2,1-2H3,(H,23,29)(H2,24,25,26);1H. The largest absolute Gasteiger partial charge is 0.358 e. The molecule has 3 N–H and O–H groups in total. The van der Waals surface area contributed by atoms with E-state index in [1.165, 1.54) is 11.1 Å². The Morgan fingerprint density at radius 3 is 2.35 bits per heavy atom. The summed E-state index contributed by atoms with van der Waals surface area (Å²) in [7, 11) is 3.44. The van der Waals surface area contributed by atoms with E-state index in [0.717, 1.165) is 51.4 Å². The molecule has 1 saturated heterocycles. The molecule has 31 heavy (non-hydrogen) atoms. The van der Waals surface area contributed by atoms with Crippen molar-refractivity contribution in [1.82, 2.24) is 25.8 Å². The van der Waals surface area contributed by atoms with Gasteiger partial charge in [-0.2, -0.15) is 0 Å². The monoisotopic (exact) mass is 542 g/mol. The van der Waals surface area contributed by atoms with E-state index in [1.54, 1.807) is 14.1 Å². The minimum Gasteiger partial charge on any atom is -0.358 e. The van der Waals surface area contributed by atoms with E-state index in [0.29, 0.717) is 25.6 Å². The van der Waals surface area contributed by atoms with Crippen LogP contribution in [0.1, 0.15) is 36.8 Å². The molecule has 0 radical (unpaired) electrons. The van der Waals surface area contributed by atoms with Gasteiger partial charge >= 0.3 is 0 Å². The van der Waals surface area contributed by atoms with Gasteiger partial charge in [0, 0.05) is 59.3 Å². The topological polar surface area (TPSA) is 89.1 Å². The van der Waals surface area contributed by atoms with Crippen LogP contribution in [0.2, 0.25) is 0 Å². The molecule has 2 heterocycles. The maximum absolute atomic E-state index is 12.5. The van der Waals surface area contributed by atoms with Crippen LogP contribution >= 0.6 is 24.0 Å². The molecule has 3 rings (SSSR count). The first kappa shape index (κ1) is 25.4. The van der Waals surface area contributed by atoms with Crippen LogP contribution in [0.15, 0.2) is 29.3 Å². The van der Waals surface area contributed by atoms with Gasteiger partial charge in [-0.15, -0.1) is 24.0 Å². The fourth-order valence-electron chi connectivity index (χ4n) is 4.02. The molecular formula is C22H35IN6O2. The summed E-state index contributed by atoms with van der Waals surface area (Å²) < 4.78 is 0. The van der Waals surface area contributed by atoms with Crippen molar-refractivity contribution in [1.29, 1.82) is 0 Å². The Hall–Kier alpha value is -1.88. The quantitative estimate of drug-likeness (QED) is 0.209. The molecule has 8 nitrogen and oxygen atoms in total. The Balaban J connectivity index is 0.00000341. The molecule has 0 aromatic heterocycles. The molecule has 1 aromatic rings. The van der Waals surface area contributed by atoms with Crippen molar-refractivity contribution in [3.05, 3.63) is 35.4 Å². The Morgan fingerprint density at radius 2 is 1.77 bits per heavy atom. The number of piperidine rings is 1. The van der Waals surface area contributed by atoms with Crippen LogP contribution in [-0.2, 0) is 22.7 Å². The number of hydrogen-bond donors (Lipinski definition) is 3. The fourth-order valence-corrected chi connectivity index (χ4v) is 4.02. The van der Waals surface area contributed by atoms with E-state index in [9.17, 15) is 9.59 Å². The number of rotatable bonds is 7.